The van der Waals surface area contributed by atoms with Gasteiger partial charge in [-0.05, 0) is 32.1 Å². The lowest BCUT2D eigenvalue weighted by atomic mass is 10.1. The van der Waals surface area contributed by atoms with Crippen LogP contribution in [0.3, 0.4) is 0 Å². The van der Waals surface area contributed by atoms with Crippen molar-refractivity contribution in [3.8, 4) is 12.1 Å². The van der Waals surface area contributed by atoms with Crippen molar-refractivity contribution in [2.24, 2.45) is 0 Å². The van der Waals surface area contributed by atoms with Gasteiger partial charge in [-0.25, -0.2) is 12.7 Å². The normalized spacial score (nSPS) is 11.5. The lowest BCUT2D eigenvalue weighted by molar-refractivity contribution is 0.382. The molecule has 0 unspecified atom stereocenters. The largest absolute Gasteiger partial charge is 0.214 e. The zero-order chi connectivity index (χ0) is 25.2. The third kappa shape index (κ3) is 21.4. The molecule has 5 nitrogen and oxygen atoms in total. The molecule has 0 aromatic carbocycles. The molecule has 0 saturated carbocycles. The van der Waals surface area contributed by atoms with Crippen molar-refractivity contribution in [3.63, 3.8) is 0 Å². The molecule has 0 heterocycles. The number of sulfonamides is 1. The van der Waals surface area contributed by atoms with Gasteiger partial charge in [-0.15, -0.1) is 0 Å². The van der Waals surface area contributed by atoms with Crippen LogP contribution in [0.5, 0.6) is 0 Å². The molecule has 0 rings (SSSR count). The SMILES string of the molecule is CCCCCCCCS(=O)(=O)N(CCCCCCCCCC#N)CCCCCCCCCC#N. The van der Waals surface area contributed by atoms with Gasteiger partial charge in [0.15, 0.2) is 0 Å². The van der Waals surface area contributed by atoms with E-state index >= 15 is 0 Å². The summed E-state index contributed by atoms with van der Waals surface area (Å²) in [6, 6.07) is 4.39. The second-order valence-corrected chi connectivity index (χ2v) is 11.8. The van der Waals surface area contributed by atoms with E-state index in [2.05, 4.69) is 19.1 Å². The number of rotatable bonds is 26. The van der Waals surface area contributed by atoms with Gasteiger partial charge in [0.25, 0.3) is 0 Å². The van der Waals surface area contributed by atoms with Crippen molar-refractivity contribution < 1.29 is 8.42 Å². The van der Waals surface area contributed by atoms with Crippen LogP contribution in [0.25, 0.3) is 0 Å². The maximum absolute atomic E-state index is 13.0. The highest BCUT2D eigenvalue weighted by Crippen LogP contribution is 2.15. The van der Waals surface area contributed by atoms with E-state index in [0.717, 1.165) is 83.5 Å². The van der Waals surface area contributed by atoms with Crippen molar-refractivity contribution in [2.75, 3.05) is 18.8 Å². The maximum Gasteiger partial charge on any atom is 0.214 e. The van der Waals surface area contributed by atoms with Crippen LogP contribution < -0.4 is 0 Å². The molecule has 34 heavy (non-hydrogen) atoms. The molecule has 0 aliphatic rings. The van der Waals surface area contributed by atoms with Crippen LogP contribution >= 0.6 is 0 Å². The molecule has 0 aliphatic heterocycles. The molecule has 0 aromatic rings. The highest BCUT2D eigenvalue weighted by atomic mass is 32.2. The molecule has 6 heteroatoms. The summed E-state index contributed by atoms with van der Waals surface area (Å²) >= 11 is 0. The Balaban J connectivity index is 4.27. The van der Waals surface area contributed by atoms with Crippen LogP contribution in [0, 0.1) is 22.7 Å². The third-order valence-electron chi connectivity index (χ3n) is 6.54. The fourth-order valence-corrected chi connectivity index (χ4v) is 5.98. The average molecular weight is 496 g/mol. The number of hydrogen-bond acceptors (Lipinski definition) is 4. The van der Waals surface area contributed by atoms with Crippen molar-refractivity contribution in [3.05, 3.63) is 0 Å². The molecule has 0 aromatic heterocycles. The fourth-order valence-electron chi connectivity index (χ4n) is 4.34. The number of unbranched alkanes of at least 4 members (excludes halogenated alkanes) is 19. The topological polar surface area (TPSA) is 85.0 Å². The van der Waals surface area contributed by atoms with E-state index in [4.69, 9.17) is 10.5 Å². The van der Waals surface area contributed by atoms with E-state index in [1.165, 1.54) is 44.9 Å². The molecule has 0 fully saturated rings. The van der Waals surface area contributed by atoms with Crippen LogP contribution in [-0.4, -0.2) is 31.6 Å². The summed E-state index contributed by atoms with van der Waals surface area (Å²) in [6.07, 6.45) is 23.3. The van der Waals surface area contributed by atoms with Gasteiger partial charge in [0, 0.05) is 25.9 Å². The number of nitrogens with zero attached hydrogens (tertiary/aromatic N) is 3. The molecule has 0 radical (unpaired) electrons. The number of hydrogen-bond donors (Lipinski definition) is 0. The van der Waals surface area contributed by atoms with E-state index in [-0.39, 0.29) is 0 Å². The Morgan fingerprint density at radius 1 is 0.529 bits per heavy atom. The summed E-state index contributed by atoms with van der Waals surface area (Å²) in [6.45, 7) is 3.54. The smallest absolute Gasteiger partial charge is 0.212 e. The first kappa shape index (κ1) is 32.9. The summed E-state index contributed by atoms with van der Waals surface area (Å²) in [5.41, 5.74) is 0. The van der Waals surface area contributed by atoms with Crippen molar-refractivity contribution in [1.82, 2.24) is 4.31 Å². The molecule has 0 atom stereocenters. The van der Waals surface area contributed by atoms with Crippen molar-refractivity contribution in [2.45, 2.75) is 148 Å². The van der Waals surface area contributed by atoms with E-state index in [0.29, 0.717) is 31.7 Å². The van der Waals surface area contributed by atoms with E-state index in [9.17, 15) is 8.42 Å². The minimum atomic E-state index is -3.16. The molecular weight excluding hydrogens is 442 g/mol. The Morgan fingerprint density at radius 2 is 0.882 bits per heavy atom. The van der Waals surface area contributed by atoms with Gasteiger partial charge in [0.2, 0.25) is 10.0 Å². The average Bonchev–Trinajstić information content (AvgIpc) is 2.82. The maximum atomic E-state index is 13.0. The molecule has 0 aliphatic carbocycles. The Bertz CT molecular complexity index is 591. The van der Waals surface area contributed by atoms with Crippen LogP contribution in [-0.2, 0) is 10.0 Å². The van der Waals surface area contributed by atoms with Gasteiger partial charge >= 0.3 is 0 Å². The van der Waals surface area contributed by atoms with Crippen LogP contribution in [0.4, 0.5) is 0 Å². The predicted octanol–water partition coefficient (Wildman–Crippen LogP) is 8.27. The molecule has 0 bridgehead atoms. The number of nitriles is 2. The second kappa shape index (κ2) is 25.0. The summed E-state index contributed by atoms with van der Waals surface area (Å²) in [5, 5.41) is 17.2. The van der Waals surface area contributed by atoms with Crippen LogP contribution in [0.2, 0.25) is 0 Å². The van der Waals surface area contributed by atoms with Gasteiger partial charge in [0.05, 0.1) is 17.9 Å². The van der Waals surface area contributed by atoms with Crippen LogP contribution in [0.15, 0.2) is 0 Å². The fraction of sp³-hybridized carbons (Fsp3) is 0.929. The summed E-state index contributed by atoms with van der Waals surface area (Å²) in [7, 11) is -3.16. The first-order chi connectivity index (χ1) is 16.6. The predicted molar refractivity (Wildman–Crippen MR) is 144 cm³/mol. The first-order valence-electron chi connectivity index (χ1n) is 14.3. The molecule has 0 N–H and O–H groups in total. The quantitative estimate of drug-likeness (QED) is 0.113. The Labute approximate surface area is 212 Å². The van der Waals surface area contributed by atoms with Gasteiger partial charge in [0.1, 0.15) is 0 Å². The summed E-state index contributed by atoms with van der Waals surface area (Å²) in [5.74, 6) is 0.302. The monoisotopic (exact) mass is 495 g/mol. The van der Waals surface area contributed by atoms with Crippen LogP contribution in [0.1, 0.15) is 148 Å². The second-order valence-electron chi connectivity index (χ2n) is 9.75. The summed E-state index contributed by atoms with van der Waals surface area (Å²) in [4.78, 5) is 0. The van der Waals surface area contributed by atoms with E-state index in [1.54, 1.807) is 4.31 Å². The van der Waals surface area contributed by atoms with Gasteiger partial charge < -0.3 is 0 Å². The zero-order valence-corrected chi connectivity index (χ0v) is 23.1. The minimum absolute atomic E-state index is 0.302. The molecule has 0 amide bonds. The van der Waals surface area contributed by atoms with Gasteiger partial charge in [-0.1, -0.05) is 103 Å². The standard InChI is InChI=1S/C28H53N3O2S/c1-2-3-4-5-18-23-28-34(32,33)31(26-21-16-12-8-6-10-14-19-24-29)27-22-17-13-9-7-11-15-20-25-30/h2-23,26-28H2,1H3. The summed E-state index contributed by atoms with van der Waals surface area (Å²) < 4.78 is 27.8. The Hall–Kier alpha value is -1.11. The molecule has 198 valence electrons. The first-order valence-corrected chi connectivity index (χ1v) is 15.9. The highest BCUT2D eigenvalue weighted by Gasteiger charge is 2.20. The highest BCUT2D eigenvalue weighted by molar-refractivity contribution is 7.89. The Kier molecular flexibility index (Phi) is 24.2. The molecule has 0 saturated heterocycles. The minimum Gasteiger partial charge on any atom is -0.212 e. The lowest BCUT2D eigenvalue weighted by Crippen LogP contribution is -2.35. The van der Waals surface area contributed by atoms with E-state index < -0.39 is 10.0 Å². The van der Waals surface area contributed by atoms with E-state index in [1.807, 2.05) is 0 Å². The zero-order valence-electron chi connectivity index (χ0n) is 22.2. The van der Waals surface area contributed by atoms with Gasteiger partial charge in [-0.2, -0.15) is 10.5 Å². The van der Waals surface area contributed by atoms with Gasteiger partial charge in [-0.3, -0.25) is 0 Å². The lowest BCUT2D eigenvalue weighted by Gasteiger charge is -2.22. The molecule has 0 spiro atoms. The molecular formula is C28H53N3O2S. The van der Waals surface area contributed by atoms with Crippen molar-refractivity contribution >= 4 is 10.0 Å². The van der Waals surface area contributed by atoms with Crippen molar-refractivity contribution in [1.29, 1.82) is 10.5 Å². The Morgan fingerprint density at radius 3 is 1.29 bits per heavy atom. The third-order valence-corrected chi connectivity index (χ3v) is 8.50.